The van der Waals surface area contributed by atoms with Crippen LogP contribution in [0.3, 0.4) is 0 Å². The maximum atomic E-state index is 12.9. The highest BCUT2D eigenvalue weighted by atomic mass is 79.9. The normalized spacial score (nSPS) is 26.4. The van der Waals surface area contributed by atoms with Gasteiger partial charge >= 0.3 is 5.97 Å². The lowest BCUT2D eigenvalue weighted by molar-refractivity contribution is -0.961. The third kappa shape index (κ3) is 6.02. The Hall–Kier alpha value is -1.89. The number of hydrogen-bond donors (Lipinski definition) is 1. The number of piperidine rings is 1. The van der Waals surface area contributed by atoms with Crippen molar-refractivity contribution in [1.82, 2.24) is 0 Å². The summed E-state index contributed by atoms with van der Waals surface area (Å²) in [7, 11) is 2.37. The van der Waals surface area contributed by atoms with Gasteiger partial charge in [-0.15, -0.1) is 0 Å². The molecule has 1 N–H and O–H groups in total. The fourth-order valence-corrected chi connectivity index (χ4v) is 5.71. The maximum absolute atomic E-state index is 12.9. The van der Waals surface area contributed by atoms with Crippen molar-refractivity contribution in [3.63, 3.8) is 0 Å². The molecule has 4 rings (SSSR count). The summed E-state index contributed by atoms with van der Waals surface area (Å²) >= 11 is 0. The fraction of sp³-hybridized carbons (Fsp3) is 0.536. The van der Waals surface area contributed by atoms with Crippen molar-refractivity contribution < 1.29 is 40.8 Å². The first-order chi connectivity index (χ1) is 16.0. The van der Waals surface area contributed by atoms with Gasteiger partial charge in [0.25, 0.3) is 0 Å². The predicted octanol–water partition coefficient (Wildman–Crippen LogP) is 1.83. The second kappa shape index (κ2) is 12.2. The van der Waals surface area contributed by atoms with Crippen LogP contribution >= 0.6 is 0 Å². The third-order valence-corrected chi connectivity index (χ3v) is 7.74. The molecule has 0 aliphatic carbocycles. The van der Waals surface area contributed by atoms with E-state index in [1.165, 1.54) is 18.4 Å². The third-order valence-electron chi connectivity index (χ3n) is 7.74. The number of rotatable bonds is 10. The Balaban J connectivity index is 0.00000324. The number of unbranched alkanes of at least 4 members (excludes halogenated alkanes) is 1. The number of halogens is 1. The van der Waals surface area contributed by atoms with Crippen molar-refractivity contribution in [3.05, 3.63) is 65.7 Å². The van der Waals surface area contributed by atoms with Crippen LogP contribution in [0.25, 0.3) is 0 Å². The van der Waals surface area contributed by atoms with Gasteiger partial charge in [0.05, 0.1) is 32.3 Å². The van der Waals surface area contributed by atoms with E-state index in [2.05, 4.69) is 38.2 Å². The molecule has 186 valence electrons. The lowest BCUT2D eigenvalue weighted by atomic mass is 9.95. The summed E-state index contributed by atoms with van der Waals surface area (Å²) in [5.41, 5.74) is 2.14. The standard InChI is InChI=1S/C28H38NO4.BrH/c1-3-4-16-32-25-14-10-21(11-15-25)19-29(2)23-12-13-24(29)18-26(17-23)33-28(31)27(20-30)22-8-6-5-7-9-22;/h5-11,14-15,23-24,26-27,30H,3-4,12-13,16-20H2,1-2H3;1H/q+1;/p-1/t23-,24+,26?,27?,29?;. The molecular formula is C28H38BrNO4. The summed E-state index contributed by atoms with van der Waals surface area (Å²) in [6.45, 7) is 3.71. The van der Waals surface area contributed by atoms with Crippen LogP contribution in [0.15, 0.2) is 54.6 Å². The smallest absolute Gasteiger partial charge is 0.316 e. The molecule has 5 atom stereocenters. The van der Waals surface area contributed by atoms with Crippen LogP contribution in [0, 0.1) is 0 Å². The van der Waals surface area contributed by atoms with Gasteiger partial charge in [-0.3, -0.25) is 4.79 Å². The van der Waals surface area contributed by atoms with Crippen molar-refractivity contribution in [3.8, 4) is 5.75 Å². The van der Waals surface area contributed by atoms with Crippen LogP contribution in [0.4, 0.5) is 0 Å². The highest BCUT2D eigenvalue weighted by Crippen LogP contribution is 2.43. The van der Waals surface area contributed by atoms with Crippen molar-refractivity contribution in [2.75, 3.05) is 20.3 Å². The minimum absolute atomic E-state index is 0. The van der Waals surface area contributed by atoms with Crippen molar-refractivity contribution in [2.45, 2.75) is 76.1 Å². The van der Waals surface area contributed by atoms with E-state index in [1.54, 1.807) is 0 Å². The van der Waals surface area contributed by atoms with Crippen LogP contribution < -0.4 is 21.7 Å². The number of carbonyl (C=O) groups is 1. The Bertz CT molecular complexity index is 890. The largest absolute Gasteiger partial charge is 1.00 e. The van der Waals surface area contributed by atoms with Gasteiger partial charge in [-0.2, -0.15) is 0 Å². The molecule has 0 radical (unpaired) electrons. The topological polar surface area (TPSA) is 55.8 Å². The SMILES string of the molecule is CCCCOc1ccc(C[N+]2(C)[C@@H]3CC[C@H]2CC(OC(=O)C(CO)c2ccccc2)C3)cc1.[Br-]. The summed E-state index contributed by atoms with van der Waals surface area (Å²) in [5.74, 6) is 0.0351. The number of hydrogen-bond acceptors (Lipinski definition) is 4. The van der Waals surface area contributed by atoms with Gasteiger partial charge in [-0.1, -0.05) is 43.7 Å². The number of fused-ring (bicyclic) bond motifs is 2. The zero-order chi connectivity index (χ0) is 23.3. The number of esters is 1. The highest BCUT2D eigenvalue weighted by molar-refractivity contribution is 5.78. The number of benzene rings is 2. The molecule has 2 aromatic carbocycles. The monoisotopic (exact) mass is 531 g/mol. The van der Waals surface area contributed by atoms with E-state index < -0.39 is 5.92 Å². The summed E-state index contributed by atoms with van der Waals surface area (Å²) in [6, 6.07) is 19.0. The van der Waals surface area contributed by atoms with Crippen molar-refractivity contribution >= 4 is 5.97 Å². The van der Waals surface area contributed by atoms with Crippen LogP contribution in [-0.4, -0.2) is 54.0 Å². The zero-order valence-corrected chi connectivity index (χ0v) is 22.0. The molecule has 2 aromatic rings. The Morgan fingerprint density at radius 2 is 1.71 bits per heavy atom. The van der Waals surface area contributed by atoms with E-state index in [9.17, 15) is 9.90 Å². The molecule has 2 aliphatic heterocycles. The number of aliphatic hydroxyl groups is 1. The lowest BCUT2D eigenvalue weighted by Crippen LogP contribution is -3.00. The molecule has 2 bridgehead atoms. The summed E-state index contributed by atoms with van der Waals surface area (Å²) in [5, 5.41) is 9.81. The van der Waals surface area contributed by atoms with Gasteiger partial charge in [0.2, 0.25) is 0 Å². The molecule has 0 spiro atoms. The number of nitrogens with zero attached hydrogens (tertiary/aromatic N) is 1. The van der Waals surface area contributed by atoms with E-state index in [-0.39, 0.29) is 35.7 Å². The average Bonchev–Trinajstić information content (AvgIpc) is 2.98. The van der Waals surface area contributed by atoms with E-state index in [1.807, 2.05) is 30.3 Å². The molecule has 2 heterocycles. The van der Waals surface area contributed by atoms with Gasteiger partial charge in [-0.25, -0.2) is 0 Å². The molecule has 0 amide bonds. The van der Waals surface area contributed by atoms with Gasteiger partial charge in [0.1, 0.15) is 24.3 Å². The zero-order valence-electron chi connectivity index (χ0n) is 20.4. The molecule has 0 saturated carbocycles. The number of quaternary nitrogens is 1. The minimum Gasteiger partial charge on any atom is -1.00 e. The second-order valence-corrected chi connectivity index (χ2v) is 9.91. The first-order valence-electron chi connectivity index (χ1n) is 12.5. The molecule has 2 aliphatic rings. The van der Waals surface area contributed by atoms with Crippen LogP contribution in [0.2, 0.25) is 0 Å². The Morgan fingerprint density at radius 3 is 2.29 bits per heavy atom. The Labute approximate surface area is 214 Å². The van der Waals surface area contributed by atoms with Crippen molar-refractivity contribution in [1.29, 1.82) is 0 Å². The van der Waals surface area contributed by atoms with E-state index >= 15 is 0 Å². The fourth-order valence-electron chi connectivity index (χ4n) is 5.71. The first kappa shape index (κ1) is 26.7. The molecule has 6 heteroatoms. The van der Waals surface area contributed by atoms with Crippen LogP contribution in [0.5, 0.6) is 5.75 Å². The lowest BCUT2D eigenvalue weighted by Gasteiger charge is -2.47. The first-order valence-corrected chi connectivity index (χ1v) is 12.5. The summed E-state index contributed by atoms with van der Waals surface area (Å²) < 4.78 is 12.8. The summed E-state index contributed by atoms with van der Waals surface area (Å²) in [4.78, 5) is 12.9. The molecular weight excluding hydrogens is 494 g/mol. The molecule has 2 fully saturated rings. The highest BCUT2D eigenvalue weighted by Gasteiger charge is 2.52. The predicted molar refractivity (Wildman–Crippen MR) is 129 cm³/mol. The van der Waals surface area contributed by atoms with Gasteiger partial charge < -0.3 is 36.0 Å². The van der Waals surface area contributed by atoms with Gasteiger partial charge in [0.15, 0.2) is 0 Å². The van der Waals surface area contributed by atoms with Crippen LogP contribution in [0.1, 0.15) is 62.5 Å². The molecule has 3 unspecified atom stereocenters. The molecule has 5 nitrogen and oxygen atoms in total. The molecule has 2 saturated heterocycles. The second-order valence-electron chi connectivity index (χ2n) is 9.91. The quantitative estimate of drug-likeness (QED) is 0.288. The van der Waals surface area contributed by atoms with E-state index in [0.717, 1.165) is 54.6 Å². The molecule has 34 heavy (non-hydrogen) atoms. The number of ether oxygens (including phenoxy) is 2. The maximum Gasteiger partial charge on any atom is 0.316 e. The number of carbonyl (C=O) groups excluding carboxylic acids is 1. The Kier molecular flexibility index (Phi) is 9.57. The molecule has 0 aromatic heterocycles. The van der Waals surface area contributed by atoms with E-state index in [0.29, 0.717) is 12.1 Å². The van der Waals surface area contributed by atoms with E-state index in [4.69, 9.17) is 9.47 Å². The van der Waals surface area contributed by atoms with Gasteiger partial charge in [0, 0.05) is 31.2 Å². The van der Waals surface area contributed by atoms with Crippen LogP contribution in [-0.2, 0) is 16.1 Å². The van der Waals surface area contributed by atoms with Crippen molar-refractivity contribution in [2.24, 2.45) is 0 Å². The average molecular weight is 533 g/mol. The number of aliphatic hydroxyl groups excluding tert-OH is 1. The Morgan fingerprint density at radius 1 is 1.06 bits per heavy atom. The minimum atomic E-state index is -0.607. The van der Waals surface area contributed by atoms with Gasteiger partial charge in [-0.05, 0) is 36.2 Å². The summed E-state index contributed by atoms with van der Waals surface area (Å²) in [6.07, 6.45) is 6.29.